The molecule has 1 aliphatic heterocycles. The number of aromatic nitrogens is 2. The Morgan fingerprint density at radius 1 is 0.897 bits per heavy atom. The van der Waals surface area contributed by atoms with Gasteiger partial charge in [-0.25, -0.2) is 4.98 Å². The smallest absolute Gasteiger partial charge is 0.227 e. The van der Waals surface area contributed by atoms with E-state index in [-0.39, 0.29) is 0 Å². The van der Waals surface area contributed by atoms with Gasteiger partial charge in [0.15, 0.2) is 0 Å². The minimum Gasteiger partial charge on any atom is -0.366 e. The molecule has 148 valence electrons. The number of hydrogen-bond acceptors (Lipinski definition) is 5. The molecule has 2 heterocycles. The van der Waals surface area contributed by atoms with E-state index in [1.807, 2.05) is 30.3 Å². The third kappa shape index (κ3) is 5.00. The lowest BCUT2D eigenvalue weighted by atomic mass is 10.1. The monoisotopic (exact) mass is 385 g/mol. The molecule has 1 aliphatic rings. The van der Waals surface area contributed by atoms with E-state index < -0.39 is 0 Å². The molecule has 1 fully saturated rings. The molecule has 3 aromatic rings. The largest absolute Gasteiger partial charge is 0.366 e. The first kappa shape index (κ1) is 19.2. The lowest BCUT2D eigenvalue weighted by Gasteiger charge is -2.35. The minimum atomic E-state index is 0.676. The van der Waals surface area contributed by atoms with E-state index in [9.17, 15) is 0 Å². The van der Waals surface area contributed by atoms with E-state index in [1.54, 1.807) is 0 Å². The molecule has 1 saturated heterocycles. The molecule has 5 nitrogen and oxygen atoms in total. The van der Waals surface area contributed by atoms with Crippen molar-refractivity contribution in [3.63, 3.8) is 0 Å². The van der Waals surface area contributed by atoms with Crippen LogP contribution in [0.25, 0.3) is 11.3 Å². The van der Waals surface area contributed by atoms with Crippen LogP contribution in [-0.2, 0) is 6.54 Å². The van der Waals surface area contributed by atoms with Crippen molar-refractivity contribution in [2.75, 3.05) is 42.9 Å². The summed E-state index contributed by atoms with van der Waals surface area (Å²) in [6.45, 7) is 9.31. The molecular formula is C24H27N5. The first-order valence-electron chi connectivity index (χ1n) is 10.1. The number of anilines is 2. The standard InChI is InChI=1S/C24H27N5/c1-2-13-25-23-18-22(21-11-7-4-8-12-21)26-24(27-23)29-16-14-28(15-17-29)19-20-9-5-3-6-10-20/h2-12,18H,1,13-17,19H2,(H,25,26,27). The zero-order valence-corrected chi connectivity index (χ0v) is 16.7. The predicted molar refractivity (Wildman–Crippen MR) is 120 cm³/mol. The van der Waals surface area contributed by atoms with E-state index in [2.05, 4.69) is 64.2 Å². The highest BCUT2D eigenvalue weighted by atomic mass is 15.3. The second-order valence-electron chi connectivity index (χ2n) is 7.22. The van der Waals surface area contributed by atoms with Gasteiger partial charge in [0.1, 0.15) is 5.82 Å². The molecule has 2 aromatic carbocycles. The van der Waals surface area contributed by atoms with Crippen LogP contribution in [0.3, 0.4) is 0 Å². The molecule has 0 aliphatic carbocycles. The SMILES string of the molecule is C=CCNc1cc(-c2ccccc2)nc(N2CCN(Cc3ccccc3)CC2)n1. The lowest BCUT2D eigenvalue weighted by Crippen LogP contribution is -2.46. The topological polar surface area (TPSA) is 44.3 Å². The normalized spacial score (nSPS) is 14.6. The average Bonchev–Trinajstić information content (AvgIpc) is 2.79. The molecule has 1 N–H and O–H groups in total. The maximum absolute atomic E-state index is 4.87. The van der Waals surface area contributed by atoms with Crippen LogP contribution in [0.1, 0.15) is 5.56 Å². The van der Waals surface area contributed by atoms with Gasteiger partial charge in [-0.3, -0.25) is 4.90 Å². The molecule has 5 heteroatoms. The Hall–Kier alpha value is -3.18. The van der Waals surface area contributed by atoms with Crippen LogP contribution in [0.15, 0.2) is 79.4 Å². The fraction of sp³-hybridized carbons (Fsp3) is 0.250. The summed E-state index contributed by atoms with van der Waals surface area (Å²) in [7, 11) is 0. The highest BCUT2D eigenvalue weighted by Gasteiger charge is 2.20. The minimum absolute atomic E-state index is 0.676. The zero-order chi connectivity index (χ0) is 19.9. The molecule has 1 aromatic heterocycles. The van der Waals surface area contributed by atoms with Gasteiger partial charge in [-0.2, -0.15) is 4.98 Å². The Morgan fingerprint density at radius 2 is 1.59 bits per heavy atom. The second kappa shape index (κ2) is 9.34. The van der Waals surface area contributed by atoms with Gasteiger partial charge in [0.05, 0.1) is 5.69 Å². The van der Waals surface area contributed by atoms with Gasteiger partial charge in [0.2, 0.25) is 5.95 Å². The third-order valence-corrected chi connectivity index (χ3v) is 5.12. The highest BCUT2D eigenvalue weighted by molar-refractivity contribution is 5.64. The molecule has 0 atom stereocenters. The van der Waals surface area contributed by atoms with Crippen molar-refractivity contribution in [3.8, 4) is 11.3 Å². The van der Waals surface area contributed by atoms with Gasteiger partial charge in [0.25, 0.3) is 0 Å². The van der Waals surface area contributed by atoms with Crippen molar-refractivity contribution >= 4 is 11.8 Å². The van der Waals surface area contributed by atoms with Crippen molar-refractivity contribution in [2.24, 2.45) is 0 Å². The fourth-order valence-corrected chi connectivity index (χ4v) is 3.55. The summed E-state index contributed by atoms with van der Waals surface area (Å²) in [5, 5.41) is 3.32. The molecule has 0 saturated carbocycles. The number of nitrogens with zero attached hydrogens (tertiary/aromatic N) is 4. The van der Waals surface area contributed by atoms with Gasteiger partial charge in [-0.05, 0) is 5.56 Å². The molecule has 0 amide bonds. The molecule has 0 unspecified atom stereocenters. The van der Waals surface area contributed by atoms with Crippen LogP contribution in [0.2, 0.25) is 0 Å². The predicted octanol–water partition coefficient (Wildman–Crippen LogP) is 4.06. The summed E-state index contributed by atoms with van der Waals surface area (Å²) in [4.78, 5) is 14.4. The molecule has 0 radical (unpaired) electrons. The Morgan fingerprint density at radius 3 is 2.28 bits per heavy atom. The summed E-state index contributed by atoms with van der Waals surface area (Å²) < 4.78 is 0. The van der Waals surface area contributed by atoms with E-state index in [0.29, 0.717) is 6.54 Å². The van der Waals surface area contributed by atoms with Gasteiger partial charge in [-0.1, -0.05) is 66.7 Å². The van der Waals surface area contributed by atoms with E-state index in [4.69, 9.17) is 9.97 Å². The summed E-state index contributed by atoms with van der Waals surface area (Å²) in [5.41, 5.74) is 3.40. The lowest BCUT2D eigenvalue weighted by molar-refractivity contribution is 0.249. The van der Waals surface area contributed by atoms with Crippen molar-refractivity contribution in [3.05, 3.63) is 84.9 Å². The van der Waals surface area contributed by atoms with Crippen LogP contribution < -0.4 is 10.2 Å². The Kier molecular flexibility index (Phi) is 6.17. The summed E-state index contributed by atoms with van der Waals surface area (Å²) in [6, 6.07) is 22.9. The van der Waals surface area contributed by atoms with Crippen molar-refractivity contribution < 1.29 is 0 Å². The third-order valence-electron chi connectivity index (χ3n) is 5.12. The van der Waals surface area contributed by atoms with Crippen LogP contribution in [-0.4, -0.2) is 47.6 Å². The fourth-order valence-electron chi connectivity index (χ4n) is 3.55. The number of piperazine rings is 1. The number of nitrogens with one attached hydrogen (secondary N) is 1. The van der Waals surface area contributed by atoms with Crippen LogP contribution in [0.5, 0.6) is 0 Å². The first-order chi connectivity index (χ1) is 14.3. The molecular weight excluding hydrogens is 358 g/mol. The maximum atomic E-state index is 4.87. The Balaban J connectivity index is 1.49. The first-order valence-corrected chi connectivity index (χ1v) is 10.1. The Labute approximate surface area is 172 Å². The Bertz CT molecular complexity index is 919. The van der Waals surface area contributed by atoms with Gasteiger partial charge in [0, 0.05) is 50.9 Å². The van der Waals surface area contributed by atoms with Gasteiger partial charge < -0.3 is 10.2 Å². The number of hydrogen-bond donors (Lipinski definition) is 1. The molecule has 4 rings (SSSR count). The molecule has 29 heavy (non-hydrogen) atoms. The highest BCUT2D eigenvalue weighted by Crippen LogP contribution is 2.23. The van der Waals surface area contributed by atoms with Crippen LogP contribution in [0, 0.1) is 0 Å². The number of rotatable bonds is 7. The average molecular weight is 386 g/mol. The number of benzene rings is 2. The second-order valence-corrected chi connectivity index (χ2v) is 7.22. The molecule has 0 spiro atoms. The summed E-state index contributed by atoms with van der Waals surface area (Å²) >= 11 is 0. The van der Waals surface area contributed by atoms with E-state index in [0.717, 1.165) is 55.7 Å². The summed E-state index contributed by atoms with van der Waals surface area (Å²) in [6.07, 6.45) is 1.84. The quantitative estimate of drug-likeness (QED) is 0.621. The van der Waals surface area contributed by atoms with Crippen molar-refractivity contribution in [1.82, 2.24) is 14.9 Å². The van der Waals surface area contributed by atoms with Crippen molar-refractivity contribution in [1.29, 1.82) is 0 Å². The maximum Gasteiger partial charge on any atom is 0.227 e. The molecule has 0 bridgehead atoms. The van der Waals surface area contributed by atoms with E-state index >= 15 is 0 Å². The zero-order valence-electron chi connectivity index (χ0n) is 16.7. The van der Waals surface area contributed by atoms with E-state index in [1.165, 1.54) is 5.56 Å². The van der Waals surface area contributed by atoms with Gasteiger partial charge >= 0.3 is 0 Å². The summed E-state index contributed by atoms with van der Waals surface area (Å²) in [5.74, 6) is 1.62. The van der Waals surface area contributed by atoms with Crippen LogP contribution >= 0.6 is 0 Å². The van der Waals surface area contributed by atoms with Gasteiger partial charge in [-0.15, -0.1) is 6.58 Å². The van der Waals surface area contributed by atoms with Crippen LogP contribution in [0.4, 0.5) is 11.8 Å². The van der Waals surface area contributed by atoms with Crippen molar-refractivity contribution in [2.45, 2.75) is 6.54 Å².